The molecule has 2 heterocycles. The second-order valence-electron chi connectivity index (χ2n) is 7.66. The van der Waals surface area contributed by atoms with E-state index in [-0.39, 0.29) is 0 Å². The van der Waals surface area contributed by atoms with Crippen molar-refractivity contribution in [3.05, 3.63) is 36.2 Å². The molecule has 2 aromatic rings. The maximum atomic E-state index is 5.49. The predicted molar refractivity (Wildman–Crippen MR) is 126 cm³/mol. The molecule has 1 aliphatic heterocycles. The number of aryl methyl sites for hydroxylation is 1. The summed E-state index contributed by atoms with van der Waals surface area (Å²) in [4.78, 5) is 9.63. The molecule has 0 aliphatic carbocycles. The lowest BCUT2D eigenvalue weighted by atomic mass is 10.1. The molecule has 0 spiro atoms. The van der Waals surface area contributed by atoms with Crippen LogP contribution in [0.3, 0.4) is 0 Å². The molecular weight excluding hydrogens is 408 g/mol. The zero-order valence-corrected chi connectivity index (χ0v) is 19.7. The van der Waals surface area contributed by atoms with Crippen LogP contribution in [0.15, 0.2) is 35.6 Å². The van der Waals surface area contributed by atoms with Crippen molar-refractivity contribution >= 4 is 5.96 Å². The Morgan fingerprint density at radius 3 is 2.34 bits per heavy atom. The van der Waals surface area contributed by atoms with E-state index in [9.17, 15) is 0 Å². The van der Waals surface area contributed by atoms with E-state index >= 15 is 0 Å². The lowest BCUT2D eigenvalue weighted by Gasteiger charge is -2.36. The highest BCUT2D eigenvalue weighted by molar-refractivity contribution is 5.80. The van der Waals surface area contributed by atoms with Crippen molar-refractivity contribution in [1.82, 2.24) is 24.9 Å². The van der Waals surface area contributed by atoms with E-state index in [1.54, 1.807) is 21.3 Å². The first-order valence-corrected chi connectivity index (χ1v) is 11.2. The first-order chi connectivity index (χ1) is 15.7. The van der Waals surface area contributed by atoms with E-state index in [2.05, 4.69) is 27.1 Å². The number of ether oxygens (including phenoxy) is 3. The van der Waals surface area contributed by atoms with E-state index in [0.29, 0.717) is 17.2 Å². The first kappa shape index (κ1) is 23.7. The van der Waals surface area contributed by atoms with Gasteiger partial charge in [0.25, 0.3) is 0 Å². The van der Waals surface area contributed by atoms with E-state index < -0.39 is 0 Å². The Bertz CT molecular complexity index is 822. The summed E-state index contributed by atoms with van der Waals surface area (Å²) < 4.78 is 18.4. The molecule has 0 unspecified atom stereocenters. The van der Waals surface area contributed by atoms with Gasteiger partial charge in [-0.2, -0.15) is 5.10 Å². The Hall–Kier alpha value is -2.94. The van der Waals surface area contributed by atoms with Gasteiger partial charge in [0.15, 0.2) is 17.5 Å². The fraction of sp³-hybridized carbons (Fsp3) is 0.565. The number of benzene rings is 1. The number of hydrogen-bond acceptors (Lipinski definition) is 6. The standard InChI is InChI=1S/C23H36N6O3/c1-5-24-23(25-8-6-10-29-11-7-9-26-29)28-14-12-27(13-15-28)18-19-16-20(30-2)22(32-4)21(17-19)31-3/h7,9,11,16-17H,5-6,8,10,12-15,18H2,1-4H3,(H,24,25). The van der Waals surface area contributed by atoms with E-state index in [1.807, 2.05) is 35.3 Å². The molecule has 0 amide bonds. The second kappa shape index (κ2) is 12.2. The van der Waals surface area contributed by atoms with Crippen molar-refractivity contribution in [2.24, 2.45) is 4.99 Å². The summed E-state index contributed by atoms with van der Waals surface area (Å²) in [6.07, 6.45) is 4.77. The van der Waals surface area contributed by atoms with Gasteiger partial charge in [-0.15, -0.1) is 0 Å². The first-order valence-electron chi connectivity index (χ1n) is 11.2. The van der Waals surface area contributed by atoms with Gasteiger partial charge in [-0.05, 0) is 37.1 Å². The highest BCUT2D eigenvalue weighted by Gasteiger charge is 2.21. The fourth-order valence-corrected chi connectivity index (χ4v) is 3.88. The van der Waals surface area contributed by atoms with Crippen molar-refractivity contribution in [1.29, 1.82) is 0 Å². The molecule has 1 fully saturated rings. The van der Waals surface area contributed by atoms with Crippen LogP contribution in [0, 0.1) is 0 Å². The molecule has 9 nitrogen and oxygen atoms in total. The summed E-state index contributed by atoms with van der Waals surface area (Å²) in [6.45, 7) is 9.30. The average molecular weight is 445 g/mol. The molecular formula is C23H36N6O3. The van der Waals surface area contributed by atoms with Crippen molar-refractivity contribution in [3.63, 3.8) is 0 Å². The summed E-state index contributed by atoms with van der Waals surface area (Å²) in [5.74, 6) is 3.01. The Labute approximate surface area is 191 Å². The summed E-state index contributed by atoms with van der Waals surface area (Å²) in [5.41, 5.74) is 1.15. The van der Waals surface area contributed by atoms with Crippen molar-refractivity contribution in [2.75, 3.05) is 60.6 Å². The van der Waals surface area contributed by atoms with E-state index in [0.717, 1.165) is 70.3 Å². The maximum absolute atomic E-state index is 5.49. The summed E-state index contributed by atoms with van der Waals surface area (Å²) in [6, 6.07) is 6.00. The highest BCUT2D eigenvalue weighted by atomic mass is 16.5. The lowest BCUT2D eigenvalue weighted by Crippen LogP contribution is -2.52. The Morgan fingerprint density at radius 1 is 1.06 bits per heavy atom. The second-order valence-corrected chi connectivity index (χ2v) is 7.66. The maximum Gasteiger partial charge on any atom is 0.203 e. The van der Waals surface area contributed by atoms with Gasteiger partial charge in [0.05, 0.1) is 21.3 Å². The highest BCUT2D eigenvalue weighted by Crippen LogP contribution is 2.38. The van der Waals surface area contributed by atoms with Crippen molar-refractivity contribution in [2.45, 2.75) is 26.4 Å². The van der Waals surface area contributed by atoms with Crippen LogP contribution in [-0.2, 0) is 13.1 Å². The number of methoxy groups -OCH3 is 3. The fourth-order valence-electron chi connectivity index (χ4n) is 3.88. The largest absolute Gasteiger partial charge is 0.493 e. The van der Waals surface area contributed by atoms with Gasteiger partial charge in [-0.25, -0.2) is 0 Å². The summed E-state index contributed by atoms with van der Waals surface area (Å²) in [7, 11) is 4.92. The van der Waals surface area contributed by atoms with Crippen LogP contribution in [0.4, 0.5) is 0 Å². The molecule has 1 saturated heterocycles. The number of rotatable bonds is 10. The minimum absolute atomic E-state index is 0.627. The number of aromatic nitrogens is 2. The molecule has 0 bridgehead atoms. The van der Waals surface area contributed by atoms with E-state index in [4.69, 9.17) is 19.2 Å². The zero-order chi connectivity index (χ0) is 22.8. The van der Waals surface area contributed by atoms with Crippen molar-refractivity contribution in [3.8, 4) is 17.2 Å². The minimum Gasteiger partial charge on any atom is -0.493 e. The molecule has 1 N–H and O–H groups in total. The quantitative estimate of drug-likeness (QED) is 0.342. The van der Waals surface area contributed by atoms with Gasteiger partial charge >= 0.3 is 0 Å². The smallest absolute Gasteiger partial charge is 0.203 e. The van der Waals surface area contributed by atoms with Crippen LogP contribution in [0.5, 0.6) is 17.2 Å². The summed E-state index contributed by atoms with van der Waals surface area (Å²) >= 11 is 0. The van der Waals surface area contributed by atoms with Crippen LogP contribution in [0.1, 0.15) is 18.9 Å². The molecule has 3 rings (SSSR count). The molecule has 0 saturated carbocycles. The number of piperazine rings is 1. The van der Waals surface area contributed by atoms with Crippen molar-refractivity contribution < 1.29 is 14.2 Å². The average Bonchev–Trinajstić information content (AvgIpc) is 3.34. The molecule has 0 radical (unpaired) electrons. The topological polar surface area (TPSA) is 76.4 Å². The van der Waals surface area contributed by atoms with Gasteiger partial charge in [-0.1, -0.05) is 0 Å². The normalized spacial score (nSPS) is 15.0. The number of guanidine groups is 1. The predicted octanol–water partition coefficient (Wildman–Crippen LogP) is 2.08. The number of aliphatic imine (C=N–C) groups is 1. The number of hydrogen-bond donors (Lipinski definition) is 1. The van der Waals surface area contributed by atoms with Crippen LogP contribution in [-0.4, -0.2) is 86.1 Å². The van der Waals surface area contributed by atoms with Crippen LogP contribution >= 0.6 is 0 Å². The Kier molecular flexibility index (Phi) is 9.03. The van der Waals surface area contributed by atoms with Gasteiger partial charge in [0.2, 0.25) is 5.75 Å². The van der Waals surface area contributed by atoms with Crippen LogP contribution in [0.2, 0.25) is 0 Å². The molecule has 9 heteroatoms. The lowest BCUT2D eigenvalue weighted by molar-refractivity contribution is 0.172. The van der Waals surface area contributed by atoms with Gasteiger partial charge in [0, 0.05) is 64.8 Å². The molecule has 0 atom stereocenters. The number of nitrogens with zero attached hydrogens (tertiary/aromatic N) is 5. The zero-order valence-electron chi connectivity index (χ0n) is 19.7. The van der Waals surface area contributed by atoms with Crippen LogP contribution < -0.4 is 19.5 Å². The van der Waals surface area contributed by atoms with Gasteiger partial charge in [-0.3, -0.25) is 14.6 Å². The SMILES string of the molecule is CCNC(=NCCCn1cccn1)N1CCN(Cc2cc(OC)c(OC)c(OC)c2)CC1. The molecule has 176 valence electrons. The van der Waals surface area contributed by atoms with E-state index in [1.165, 1.54) is 0 Å². The van der Waals surface area contributed by atoms with Gasteiger partial charge < -0.3 is 24.4 Å². The Balaban J connectivity index is 1.54. The molecule has 32 heavy (non-hydrogen) atoms. The molecule has 1 aromatic carbocycles. The summed E-state index contributed by atoms with van der Waals surface area (Å²) in [5, 5.41) is 7.69. The third kappa shape index (κ3) is 6.29. The molecule has 1 aliphatic rings. The third-order valence-corrected chi connectivity index (χ3v) is 5.50. The third-order valence-electron chi connectivity index (χ3n) is 5.50. The Morgan fingerprint density at radius 2 is 1.78 bits per heavy atom. The van der Waals surface area contributed by atoms with Gasteiger partial charge in [0.1, 0.15) is 0 Å². The number of nitrogens with one attached hydrogen (secondary N) is 1. The minimum atomic E-state index is 0.627. The molecule has 1 aromatic heterocycles. The van der Waals surface area contributed by atoms with Crippen LogP contribution in [0.25, 0.3) is 0 Å². The monoisotopic (exact) mass is 444 g/mol.